The van der Waals surface area contributed by atoms with E-state index in [1.54, 1.807) is 42.5 Å². The lowest BCUT2D eigenvalue weighted by Crippen LogP contribution is -2.17. The van der Waals surface area contributed by atoms with Crippen LogP contribution in [0.2, 0.25) is 0 Å². The first kappa shape index (κ1) is 12.0. The van der Waals surface area contributed by atoms with Gasteiger partial charge in [0.05, 0.1) is 6.21 Å². The second kappa shape index (κ2) is 5.72. The van der Waals surface area contributed by atoms with E-state index in [0.29, 0.717) is 11.1 Å². The molecule has 18 heavy (non-hydrogen) atoms. The van der Waals surface area contributed by atoms with Crippen LogP contribution in [0.5, 0.6) is 0 Å². The Morgan fingerprint density at radius 2 is 1.72 bits per heavy atom. The third-order valence-electron chi connectivity index (χ3n) is 2.31. The predicted octanol–water partition coefficient (Wildman–Crippen LogP) is 2.59. The lowest BCUT2D eigenvalue weighted by atomic mass is 10.2. The molecule has 0 aromatic heterocycles. The second-order valence-electron chi connectivity index (χ2n) is 3.59. The standard InChI is InChI=1S/C14H11FN2O/c15-13-9-5-4-8-12(13)10-16-17-14(18)11-6-2-1-3-7-11/h1-10H,(H,17,18). The van der Waals surface area contributed by atoms with Crippen LogP contribution in [-0.2, 0) is 0 Å². The van der Waals surface area contributed by atoms with Gasteiger partial charge in [0.25, 0.3) is 5.91 Å². The van der Waals surface area contributed by atoms with Crippen molar-refractivity contribution in [3.05, 3.63) is 71.5 Å². The number of nitrogens with one attached hydrogen (secondary N) is 1. The summed E-state index contributed by atoms with van der Waals surface area (Å²) < 4.78 is 13.2. The molecular formula is C14H11FN2O. The molecule has 0 heterocycles. The quantitative estimate of drug-likeness (QED) is 0.652. The third kappa shape index (κ3) is 3.01. The highest BCUT2D eigenvalue weighted by molar-refractivity contribution is 5.94. The lowest BCUT2D eigenvalue weighted by molar-refractivity contribution is 0.0955. The number of hydrogen-bond donors (Lipinski definition) is 1. The second-order valence-corrected chi connectivity index (χ2v) is 3.59. The smallest absolute Gasteiger partial charge is 0.267 e. The van der Waals surface area contributed by atoms with Gasteiger partial charge in [-0.3, -0.25) is 4.79 Å². The third-order valence-corrected chi connectivity index (χ3v) is 2.31. The van der Waals surface area contributed by atoms with Crippen LogP contribution in [0.3, 0.4) is 0 Å². The van der Waals surface area contributed by atoms with Gasteiger partial charge in [0.1, 0.15) is 5.82 Å². The van der Waals surface area contributed by atoms with Crippen LogP contribution >= 0.6 is 0 Å². The number of rotatable bonds is 3. The normalized spacial score (nSPS) is 10.5. The summed E-state index contributed by atoms with van der Waals surface area (Å²) >= 11 is 0. The summed E-state index contributed by atoms with van der Waals surface area (Å²) in [5.41, 5.74) is 3.17. The number of halogens is 1. The molecule has 0 atom stereocenters. The summed E-state index contributed by atoms with van der Waals surface area (Å²) in [5, 5.41) is 3.71. The number of nitrogens with zero attached hydrogens (tertiary/aromatic N) is 1. The first-order valence-electron chi connectivity index (χ1n) is 5.40. The molecule has 0 radical (unpaired) electrons. The van der Waals surface area contributed by atoms with Crippen molar-refractivity contribution in [2.45, 2.75) is 0 Å². The molecule has 2 rings (SSSR count). The number of carbonyl (C=O) groups is 1. The zero-order chi connectivity index (χ0) is 12.8. The Morgan fingerprint density at radius 3 is 2.44 bits per heavy atom. The maximum atomic E-state index is 13.2. The number of amides is 1. The van der Waals surface area contributed by atoms with E-state index in [1.165, 1.54) is 12.3 Å². The van der Waals surface area contributed by atoms with Crippen molar-refractivity contribution in [2.24, 2.45) is 5.10 Å². The van der Waals surface area contributed by atoms with Gasteiger partial charge in [-0.1, -0.05) is 36.4 Å². The SMILES string of the molecule is O=C(NN=Cc1ccccc1F)c1ccccc1. The molecule has 0 saturated carbocycles. The van der Waals surface area contributed by atoms with Gasteiger partial charge in [-0.05, 0) is 18.2 Å². The summed E-state index contributed by atoms with van der Waals surface area (Å²) in [6.45, 7) is 0. The van der Waals surface area contributed by atoms with Gasteiger partial charge < -0.3 is 0 Å². The topological polar surface area (TPSA) is 41.5 Å². The zero-order valence-corrected chi connectivity index (χ0v) is 9.51. The van der Waals surface area contributed by atoms with Gasteiger partial charge in [-0.15, -0.1) is 0 Å². The van der Waals surface area contributed by atoms with Crippen LogP contribution in [0.1, 0.15) is 15.9 Å². The van der Waals surface area contributed by atoms with Crippen molar-refractivity contribution in [3.8, 4) is 0 Å². The summed E-state index contributed by atoms with van der Waals surface area (Å²) in [5.74, 6) is -0.710. The van der Waals surface area contributed by atoms with Crippen LogP contribution in [0.15, 0.2) is 59.7 Å². The van der Waals surface area contributed by atoms with Gasteiger partial charge in [0.2, 0.25) is 0 Å². The zero-order valence-electron chi connectivity index (χ0n) is 9.51. The number of hydrogen-bond acceptors (Lipinski definition) is 2. The van der Waals surface area contributed by atoms with E-state index in [1.807, 2.05) is 6.07 Å². The molecule has 0 aliphatic carbocycles. The van der Waals surface area contributed by atoms with Gasteiger partial charge in [0.15, 0.2) is 0 Å². The highest BCUT2D eigenvalue weighted by Crippen LogP contribution is 2.02. The molecule has 3 nitrogen and oxygen atoms in total. The minimum Gasteiger partial charge on any atom is -0.267 e. The van der Waals surface area contributed by atoms with Crippen molar-refractivity contribution in [1.82, 2.24) is 5.43 Å². The Labute approximate surface area is 104 Å². The van der Waals surface area contributed by atoms with E-state index >= 15 is 0 Å². The largest absolute Gasteiger partial charge is 0.271 e. The summed E-state index contributed by atoms with van der Waals surface area (Å²) in [6, 6.07) is 14.9. The molecule has 0 bridgehead atoms. The van der Waals surface area contributed by atoms with Crippen LogP contribution in [0.25, 0.3) is 0 Å². The highest BCUT2D eigenvalue weighted by atomic mass is 19.1. The van der Waals surface area contributed by atoms with Crippen LogP contribution in [0, 0.1) is 5.82 Å². The fraction of sp³-hybridized carbons (Fsp3) is 0. The fourth-order valence-corrected chi connectivity index (χ4v) is 1.39. The van der Waals surface area contributed by atoms with E-state index in [2.05, 4.69) is 10.5 Å². The Bertz CT molecular complexity index is 567. The molecule has 2 aromatic carbocycles. The van der Waals surface area contributed by atoms with E-state index in [9.17, 15) is 9.18 Å². The summed E-state index contributed by atoms with van der Waals surface area (Å²) in [7, 11) is 0. The van der Waals surface area contributed by atoms with Crippen molar-refractivity contribution >= 4 is 12.1 Å². The van der Waals surface area contributed by atoms with Crippen molar-refractivity contribution < 1.29 is 9.18 Å². The highest BCUT2D eigenvalue weighted by Gasteiger charge is 2.02. The molecule has 0 spiro atoms. The maximum absolute atomic E-state index is 13.2. The summed E-state index contributed by atoms with van der Waals surface area (Å²) in [4.78, 5) is 11.6. The molecule has 4 heteroatoms. The van der Waals surface area contributed by atoms with Crippen molar-refractivity contribution in [2.75, 3.05) is 0 Å². The minimum atomic E-state index is -0.379. The molecule has 0 aliphatic heterocycles. The van der Waals surface area contributed by atoms with E-state index in [4.69, 9.17) is 0 Å². The minimum absolute atomic E-state index is 0.325. The Hall–Kier alpha value is -2.49. The van der Waals surface area contributed by atoms with Crippen molar-refractivity contribution in [1.29, 1.82) is 0 Å². The Kier molecular flexibility index (Phi) is 3.81. The van der Waals surface area contributed by atoms with Gasteiger partial charge in [-0.2, -0.15) is 5.10 Å². The lowest BCUT2D eigenvalue weighted by Gasteiger charge is -1.99. The molecule has 1 amide bonds. The molecule has 0 aliphatic rings. The van der Waals surface area contributed by atoms with Gasteiger partial charge >= 0.3 is 0 Å². The number of hydrazone groups is 1. The van der Waals surface area contributed by atoms with E-state index in [0.717, 1.165) is 0 Å². The van der Waals surface area contributed by atoms with E-state index < -0.39 is 0 Å². The van der Waals surface area contributed by atoms with Gasteiger partial charge in [-0.25, -0.2) is 9.82 Å². The monoisotopic (exact) mass is 242 g/mol. The van der Waals surface area contributed by atoms with Crippen LogP contribution < -0.4 is 5.43 Å². The predicted molar refractivity (Wildman–Crippen MR) is 67.9 cm³/mol. The molecule has 0 saturated heterocycles. The average Bonchev–Trinajstić information content (AvgIpc) is 2.42. The number of benzene rings is 2. The van der Waals surface area contributed by atoms with Crippen molar-refractivity contribution in [3.63, 3.8) is 0 Å². The van der Waals surface area contributed by atoms with Gasteiger partial charge in [0, 0.05) is 11.1 Å². The molecule has 90 valence electrons. The van der Waals surface area contributed by atoms with Crippen LogP contribution in [0.4, 0.5) is 4.39 Å². The fourth-order valence-electron chi connectivity index (χ4n) is 1.39. The molecule has 1 N–H and O–H groups in total. The first-order chi connectivity index (χ1) is 8.77. The molecular weight excluding hydrogens is 231 g/mol. The molecule has 0 fully saturated rings. The Morgan fingerprint density at radius 1 is 1.06 bits per heavy atom. The van der Waals surface area contributed by atoms with E-state index in [-0.39, 0.29) is 11.7 Å². The maximum Gasteiger partial charge on any atom is 0.271 e. The van der Waals surface area contributed by atoms with Crippen LogP contribution in [-0.4, -0.2) is 12.1 Å². The summed E-state index contributed by atoms with van der Waals surface area (Å²) in [6.07, 6.45) is 1.27. The molecule has 0 unspecified atom stereocenters. The molecule has 2 aromatic rings. The first-order valence-corrected chi connectivity index (χ1v) is 5.40. The Balaban J connectivity index is 2.00. The number of carbonyl (C=O) groups excluding carboxylic acids is 1. The average molecular weight is 242 g/mol.